The number of urea groups is 1. The number of nitrogens with two attached hydrogens (primary N) is 1. The van der Waals surface area contributed by atoms with E-state index in [-0.39, 0.29) is 12.1 Å². The van der Waals surface area contributed by atoms with Gasteiger partial charge in [-0.05, 0) is 43.0 Å². The van der Waals surface area contributed by atoms with Gasteiger partial charge in [0.15, 0.2) is 0 Å². The Labute approximate surface area is 172 Å². The van der Waals surface area contributed by atoms with Gasteiger partial charge in [0.25, 0.3) is 0 Å². The van der Waals surface area contributed by atoms with Crippen LogP contribution in [-0.2, 0) is 13.0 Å². The van der Waals surface area contributed by atoms with E-state index < -0.39 is 5.91 Å². The molecule has 154 valence electrons. The van der Waals surface area contributed by atoms with Gasteiger partial charge in [0.05, 0.1) is 0 Å². The summed E-state index contributed by atoms with van der Waals surface area (Å²) in [6, 6.07) is 17.9. The van der Waals surface area contributed by atoms with Crippen molar-refractivity contribution in [3.05, 3.63) is 71.3 Å². The van der Waals surface area contributed by atoms with Gasteiger partial charge in [0.1, 0.15) is 0 Å². The highest BCUT2D eigenvalue weighted by Gasteiger charge is 2.29. The second kappa shape index (κ2) is 10.1. The van der Waals surface area contributed by atoms with E-state index >= 15 is 0 Å². The Morgan fingerprint density at radius 2 is 1.90 bits per heavy atom. The monoisotopic (exact) mass is 394 g/mol. The maximum Gasteiger partial charge on any atom is 0.317 e. The van der Waals surface area contributed by atoms with Crippen molar-refractivity contribution in [2.45, 2.75) is 32.4 Å². The van der Waals surface area contributed by atoms with Gasteiger partial charge in [-0.25, -0.2) is 4.79 Å². The summed E-state index contributed by atoms with van der Waals surface area (Å²) < 4.78 is 0. The lowest BCUT2D eigenvalue weighted by atomic mass is 10.1. The molecule has 1 aliphatic rings. The Balaban J connectivity index is 1.48. The summed E-state index contributed by atoms with van der Waals surface area (Å²) in [5.41, 5.74) is 8.11. The standard InChI is InChI=1S/C23H30N4O2/c1-2-27(21-12-14-26(17-21)16-19-7-4-3-5-8-19)23(29)25-13-11-18-9-6-10-20(15-18)22(24)28/h3-10,15,21H,2,11-14,16-17H2,1H3,(H2,24,28)(H,25,29). The Morgan fingerprint density at radius 1 is 1.14 bits per heavy atom. The first kappa shape index (κ1) is 20.9. The predicted octanol–water partition coefficient (Wildman–Crippen LogP) is 2.63. The molecule has 1 fully saturated rings. The summed E-state index contributed by atoms with van der Waals surface area (Å²) in [5.74, 6) is -0.436. The highest BCUT2D eigenvalue weighted by molar-refractivity contribution is 5.92. The number of rotatable bonds is 8. The van der Waals surface area contributed by atoms with Crippen molar-refractivity contribution >= 4 is 11.9 Å². The average molecular weight is 395 g/mol. The molecule has 0 aromatic heterocycles. The van der Waals surface area contributed by atoms with Gasteiger partial charge < -0.3 is 16.0 Å². The second-order valence-electron chi connectivity index (χ2n) is 7.50. The first-order valence-electron chi connectivity index (χ1n) is 10.3. The highest BCUT2D eigenvalue weighted by Crippen LogP contribution is 2.18. The van der Waals surface area contributed by atoms with Crippen LogP contribution in [0.1, 0.15) is 34.8 Å². The van der Waals surface area contributed by atoms with E-state index in [1.54, 1.807) is 12.1 Å². The van der Waals surface area contributed by atoms with Crippen LogP contribution in [0.3, 0.4) is 0 Å². The average Bonchev–Trinajstić information content (AvgIpc) is 3.17. The number of nitrogens with one attached hydrogen (secondary N) is 1. The molecule has 0 spiro atoms. The summed E-state index contributed by atoms with van der Waals surface area (Å²) in [5, 5.41) is 3.02. The van der Waals surface area contributed by atoms with Gasteiger partial charge in [-0.1, -0.05) is 42.5 Å². The van der Waals surface area contributed by atoms with Crippen molar-refractivity contribution < 1.29 is 9.59 Å². The minimum Gasteiger partial charge on any atom is -0.366 e. The minimum atomic E-state index is -0.436. The fourth-order valence-corrected chi connectivity index (χ4v) is 3.91. The van der Waals surface area contributed by atoms with Crippen LogP contribution < -0.4 is 11.1 Å². The molecule has 1 aliphatic heterocycles. The normalized spacial score (nSPS) is 16.5. The molecular formula is C23H30N4O2. The molecule has 1 unspecified atom stereocenters. The zero-order chi connectivity index (χ0) is 20.6. The van der Waals surface area contributed by atoms with Gasteiger partial charge in [-0.15, -0.1) is 0 Å². The second-order valence-corrected chi connectivity index (χ2v) is 7.50. The van der Waals surface area contributed by atoms with Crippen molar-refractivity contribution in [3.63, 3.8) is 0 Å². The third kappa shape index (κ3) is 5.81. The molecule has 0 aliphatic carbocycles. The molecule has 0 radical (unpaired) electrons. The third-order valence-corrected chi connectivity index (χ3v) is 5.44. The number of carbonyl (C=O) groups excluding carboxylic acids is 2. The topological polar surface area (TPSA) is 78.7 Å². The lowest BCUT2D eigenvalue weighted by molar-refractivity contribution is 0.1000. The smallest absolute Gasteiger partial charge is 0.317 e. The first-order valence-corrected chi connectivity index (χ1v) is 10.3. The number of hydrogen-bond donors (Lipinski definition) is 2. The van der Waals surface area contributed by atoms with E-state index in [1.165, 1.54) is 5.56 Å². The van der Waals surface area contributed by atoms with Crippen LogP contribution in [0.5, 0.6) is 0 Å². The first-order chi connectivity index (χ1) is 14.1. The summed E-state index contributed by atoms with van der Waals surface area (Å²) in [4.78, 5) is 28.4. The van der Waals surface area contributed by atoms with Crippen LogP contribution in [0.15, 0.2) is 54.6 Å². The Kier molecular flexibility index (Phi) is 7.25. The molecule has 3 amide bonds. The quantitative estimate of drug-likeness (QED) is 0.722. The molecule has 6 heteroatoms. The lowest BCUT2D eigenvalue weighted by Crippen LogP contribution is -2.47. The van der Waals surface area contributed by atoms with Crippen LogP contribution >= 0.6 is 0 Å². The molecule has 0 saturated carbocycles. The molecule has 2 aromatic rings. The molecule has 1 saturated heterocycles. The van der Waals surface area contributed by atoms with Crippen LogP contribution in [-0.4, -0.2) is 54.0 Å². The molecule has 0 bridgehead atoms. The Bertz CT molecular complexity index is 825. The number of carbonyl (C=O) groups is 2. The summed E-state index contributed by atoms with van der Waals surface area (Å²) >= 11 is 0. The summed E-state index contributed by atoms with van der Waals surface area (Å²) in [6.45, 7) is 6.06. The molecule has 6 nitrogen and oxygen atoms in total. The van der Waals surface area contributed by atoms with Gasteiger partial charge in [0, 0.05) is 44.3 Å². The van der Waals surface area contributed by atoms with Crippen LogP contribution in [0.25, 0.3) is 0 Å². The zero-order valence-corrected chi connectivity index (χ0v) is 17.0. The van der Waals surface area contributed by atoms with Gasteiger partial charge >= 0.3 is 6.03 Å². The van der Waals surface area contributed by atoms with Crippen LogP contribution in [0, 0.1) is 0 Å². The number of nitrogens with zero attached hydrogens (tertiary/aromatic N) is 2. The van der Waals surface area contributed by atoms with Crippen molar-refractivity contribution in [1.29, 1.82) is 0 Å². The number of likely N-dealkylation sites (tertiary alicyclic amines) is 1. The van der Waals surface area contributed by atoms with Gasteiger partial charge in [0.2, 0.25) is 5.91 Å². The fourth-order valence-electron chi connectivity index (χ4n) is 3.91. The molecular weight excluding hydrogens is 364 g/mol. The lowest BCUT2D eigenvalue weighted by Gasteiger charge is -2.28. The van der Waals surface area contributed by atoms with Gasteiger partial charge in [-0.2, -0.15) is 0 Å². The van der Waals surface area contributed by atoms with Crippen LogP contribution in [0.4, 0.5) is 4.79 Å². The summed E-state index contributed by atoms with van der Waals surface area (Å²) in [7, 11) is 0. The highest BCUT2D eigenvalue weighted by atomic mass is 16.2. The van der Waals surface area contributed by atoms with E-state index in [0.29, 0.717) is 25.1 Å². The van der Waals surface area contributed by atoms with Crippen molar-refractivity contribution in [2.24, 2.45) is 5.73 Å². The Hall–Kier alpha value is -2.86. The van der Waals surface area contributed by atoms with E-state index in [2.05, 4.69) is 34.5 Å². The minimum absolute atomic E-state index is 0.0230. The molecule has 2 aromatic carbocycles. The maximum atomic E-state index is 12.7. The molecule has 1 atom stereocenters. The molecule has 3 N–H and O–H groups in total. The number of hydrogen-bond acceptors (Lipinski definition) is 3. The summed E-state index contributed by atoms with van der Waals surface area (Å²) in [6.07, 6.45) is 1.66. The molecule has 3 rings (SSSR count). The van der Waals surface area contributed by atoms with E-state index in [9.17, 15) is 9.59 Å². The zero-order valence-electron chi connectivity index (χ0n) is 17.0. The number of likely N-dealkylation sites (N-methyl/N-ethyl adjacent to an activating group) is 1. The predicted molar refractivity (Wildman–Crippen MR) is 115 cm³/mol. The Morgan fingerprint density at radius 3 is 2.62 bits per heavy atom. The van der Waals surface area contributed by atoms with Crippen molar-refractivity contribution in [1.82, 2.24) is 15.1 Å². The van der Waals surface area contributed by atoms with Crippen molar-refractivity contribution in [2.75, 3.05) is 26.2 Å². The molecule has 29 heavy (non-hydrogen) atoms. The SMILES string of the molecule is CCN(C(=O)NCCc1cccc(C(N)=O)c1)C1CCN(Cc2ccccc2)C1. The largest absolute Gasteiger partial charge is 0.366 e. The van der Waals surface area contributed by atoms with Gasteiger partial charge in [-0.3, -0.25) is 9.69 Å². The van der Waals surface area contributed by atoms with E-state index in [0.717, 1.165) is 31.6 Å². The van der Waals surface area contributed by atoms with E-state index in [4.69, 9.17) is 5.73 Å². The van der Waals surface area contributed by atoms with Crippen LogP contribution in [0.2, 0.25) is 0 Å². The fraction of sp³-hybridized carbons (Fsp3) is 0.391. The third-order valence-electron chi connectivity index (χ3n) is 5.44. The van der Waals surface area contributed by atoms with Crippen molar-refractivity contribution in [3.8, 4) is 0 Å². The maximum absolute atomic E-state index is 12.7. The molecule has 1 heterocycles. The number of primary amides is 1. The van der Waals surface area contributed by atoms with E-state index in [1.807, 2.05) is 30.0 Å². The number of amides is 3. The number of benzene rings is 2.